The fourth-order valence-electron chi connectivity index (χ4n) is 2.05. The van der Waals surface area contributed by atoms with Crippen molar-refractivity contribution in [1.29, 1.82) is 0 Å². The number of hydrogen-bond acceptors (Lipinski definition) is 4. The highest BCUT2D eigenvalue weighted by Crippen LogP contribution is 2.30. The van der Waals surface area contributed by atoms with Gasteiger partial charge in [-0.05, 0) is 23.6 Å². The standard InChI is InChI=1S/C13H12FN3OS/c14-9-2-1-3-10(6-9)16-12(18)7-11-8-19-13-15-4-5-17(11)13/h1-3,6,8H,4-5,7H2,(H,16,18). The van der Waals surface area contributed by atoms with E-state index in [1.165, 1.54) is 12.1 Å². The van der Waals surface area contributed by atoms with Crippen molar-refractivity contribution in [1.82, 2.24) is 4.90 Å². The lowest BCUT2D eigenvalue weighted by atomic mass is 10.2. The second-order valence-corrected chi connectivity index (χ2v) is 5.11. The van der Waals surface area contributed by atoms with E-state index in [4.69, 9.17) is 0 Å². The highest BCUT2D eigenvalue weighted by atomic mass is 32.2. The average molecular weight is 277 g/mol. The van der Waals surface area contributed by atoms with Crippen molar-refractivity contribution in [2.24, 2.45) is 4.99 Å². The van der Waals surface area contributed by atoms with Crippen LogP contribution in [0.15, 0.2) is 40.4 Å². The summed E-state index contributed by atoms with van der Waals surface area (Å²) in [6.45, 7) is 1.62. The number of benzene rings is 1. The molecule has 0 fully saturated rings. The van der Waals surface area contributed by atoms with Crippen LogP contribution < -0.4 is 5.32 Å². The molecule has 2 heterocycles. The zero-order valence-electron chi connectivity index (χ0n) is 10.1. The number of rotatable bonds is 3. The molecule has 6 heteroatoms. The third-order valence-corrected chi connectivity index (χ3v) is 3.85. The Morgan fingerprint density at radius 3 is 3.26 bits per heavy atom. The zero-order chi connectivity index (χ0) is 13.2. The minimum atomic E-state index is -0.359. The Kier molecular flexibility index (Phi) is 3.25. The first-order chi connectivity index (χ1) is 9.22. The number of hydrogen-bond donors (Lipinski definition) is 1. The van der Waals surface area contributed by atoms with E-state index in [1.54, 1.807) is 23.9 Å². The second-order valence-electron chi connectivity index (χ2n) is 4.28. The molecule has 1 N–H and O–H groups in total. The summed E-state index contributed by atoms with van der Waals surface area (Å²) in [6, 6.07) is 5.89. The maximum Gasteiger partial charge on any atom is 0.230 e. The van der Waals surface area contributed by atoms with Crippen molar-refractivity contribution >= 4 is 28.5 Å². The van der Waals surface area contributed by atoms with Gasteiger partial charge in [-0.2, -0.15) is 0 Å². The van der Waals surface area contributed by atoms with Gasteiger partial charge < -0.3 is 10.2 Å². The third-order valence-electron chi connectivity index (χ3n) is 2.90. The topological polar surface area (TPSA) is 44.7 Å². The van der Waals surface area contributed by atoms with Crippen molar-refractivity contribution < 1.29 is 9.18 Å². The molecule has 0 radical (unpaired) electrons. The monoisotopic (exact) mass is 277 g/mol. The molecule has 2 aliphatic rings. The Balaban J connectivity index is 1.62. The highest BCUT2D eigenvalue weighted by molar-refractivity contribution is 8.16. The predicted octanol–water partition coefficient (Wildman–Crippen LogP) is 2.41. The van der Waals surface area contributed by atoms with Crippen LogP contribution >= 0.6 is 11.8 Å². The van der Waals surface area contributed by atoms with E-state index in [1.807, 2.05) is 5.41 Å². The smallest absolute Gasteiger partial charge is 0.230 e. The van der Waals surface area contributed by atoms with Gasteiger partial charge in [-0.15, -0.1) is 0 Å². The molecule has 2 aliphatic heterocycles. The summed E-state index contributed by atoms with van der Waals surface area (Å²) in [5.74, 6) is -0.506. The van der Waals surface area contributed by atoms with Gasteiger partial charge in [0.1, 0.15) is 5.82 Å². The summed E-state index contributed by atoms with van der Waals surface area (Å²) in [5.41, 5.74) is 1.43. The van der Waals surface area contributed by atoms with Gasteiger partial charge in [0, 0.05) is 17.9 Å². The van der Waals surface area contributed by atoms with E-state index in [0.29, 0.717) is 5.69 Å². The minimum absolute atomic E-state index is 0.148. The van der Waals surface area contributed by atoms with Crippen molar-refractivity contribution in [3.63, 3.8) is 0 Å². The van der Waals surface area contributed by atoms with Gasteiger partial charge in [0.15, 0.2) is 5.17 Å². The normalized spacial score (nSPS) is 17.0. The number of nitrogens with zero attached hydrogens (tertiary/aromatic N) is 2. The summed E-state index contributed by atoms with van der Waals surface area (Å²) < 4.78 is 13.0. The van der Waals surface area contributed by atoms with E-state index in [-0.39, 0.29) is 18.1 Å². The summed E-state index contributed by atoms with van der Waals surface area (Å²) in [5, 5.41) is 5.61. The molecule has 4 nitrogen and oxygen atoms in total. The van der Waals surface area contributed by atoms with E-state index < -0.39 is 0 Å². The number of aliphatic imine (C=N–C) groups is 1. The van der Waals surface area contributed by atoms with Crippen LogP contribution in [0.4, 0.5) is 10.1 Å². The molecule has 0 aromatic heterocycles. The van der Waals surface area contributed by atoms with E-state index in [2.05, 4.69) is 15.2 Å². The van der Waals surface area contributed by atoms with E-state index in [9.17, 15) is 9.18 Å². The molecule has 0 saturated carbocycles. The summed E-state index contributed by atoms with van der Waals surface area (Å²) in [7, 11) is 0. The van der Waals surface area contributed by atoms with Crippen LogP contribution in [-0.2, 0) is 4.79 Å². The summed E-state index contributed by atoms with van der Waals surface area (Å²) >= 11 is 1.55. The van der Waals surface area contributed by atoms with Crippen LogP contribution in [-0.4, -0.2) is 29.1 Å². The van der Waals surface area contributed by atoms with E-state index in [0.717, 1.165) is 24.0 Å². The molecule has 0 unspecified atom stereocenters. The maximum absolute atomic E-state index is 13.0. The van der Waals surface area contributed by atoms with Crippen molar-refractivity contribution in [2.45, 2.75) is 6.42 Å². The number of halogens is 1. The first-order valence-corrected chi connectivity index (χ1v) is 6.83. The lowest BCUT2D eigenvalue weighted by Gasteiger charge is -2.16. The number of amidine groups is 1. The molecule has 1 aromatic carbocycles. The number of fused-ring (bicyclic) bond motifs is 1. The molecule has 0 spiro atoms. The van der Waals surface area contributed by atoms with Crippen LogP contribution in [0.5, 0.6) is 0 Å². The number of amides is 1. The molecular weight excluding hydrogens is 265 g/mol. The van der Waals surface area contributed by atoms with Crippen LogP contribution in [0.3, 0.4) is 0 Å². The quantitative estimate of drug-likeness (QED) is 0.922. The average Bonchev–Trinajstić information content (AvgIpc) is 2.94. The lowest BCUT2D eigenvalue weighted by molar-refractivity contribution is -0.115. The maximum atomic E-state index is 13.0. The first-order valence-electron chi connectivity index (χ1n) is 5.95. The molecule has 98 valence electrons. The van der Waals surface area contributed by atoms with Gasteiger partial charge in [0.05, 0.1) is 13.0 Å². The molecule has 0 saturated heterocycles. The van der Waals surface area contributed by atoms with Crippen LogP contribution in [0, 0.1) is 5.82 Å². The summed E-state index contributed by atoms with van der Waals surface area (Å²) in [6.07, 6.45) is 0.280. The fraction of sp³-hybridized carbons (Fsp3) is 0.231. The Hall–Kier alpha value is -1.82. The number of thioether (sulfide) groups is 1. The van der Waals surface area contributed by atoms with Crippen LogP contribution in [0.25, 0.3) is 0 Å². The number of anilines is 1. The van der Waals surface area contributed by atoms with Gasteiger partial charge in [0.2, 0.25) is 5.91 Å². The van der Waals surface area contributed by atoms with Gasteiger partial charge in [-0.25, -0.2) is 4.39 Å². The van der Waals surface area contributed by atoms with Gasteiger partial charge >= 0.3 is 0 Å². The minimum Gasteiger partial charge on any atom is -0.326 e. The highest BCUT2D eigenvalue weighted by Gasteiger charge is 2.27. The summed E-state index contributed by atoms with van der Waals surface area (Å²) in [4.78, 5) is 18.3. The zero-order valence-corrected chi connectivity index (χ0v) is 10.9. The number of nitrogens with one attached hydrogen (secondary N) is 1. The molecular formula is C13H12FN3OS. The Labute approximate surface area is 114 Å². The van der Waals surface area contributed by atoms with Crippen LogP contribution in [0.1, 0.15) is 6.42 Å². The largest absolute Gasteiger partial charge is 0.326 e. The molecule has 0 aliphatic carbocycles. The molecule has 3 rings (SSSR count). The van der Waals surface area contributed by atoms with Gasteiger partial charge in [0.25, 0.3) is 0 Å². The van der Waals surface area contributed by atoms with Crippen molar-refractivity contribution in [3.05, 3.63) is 41.2 Å². The van der Waals surface area contributed by atoms with Crippen LogP contribution in [0.2, 0.25) is 0 Å². The number of carbonyl (C=O) groups excluding carboxylic acids is 1. The third kappa shape index (κ3) is 2.63. The molecule has 0 bridgehead atoms. The molecule has 0 atom stereocenters. The fourth-order valence-corrected chi connectivity index (χ4v) is 3.00. The molecule has 1 amide bonds. The second kappa shape index (κ2) is 5.05. The van der Waals surface area contributed by atoms with Gasteiger partial charge in [-0.3, -0.25) is 9.79 Å². The van der Waals surface area contributed by atoms with E-state index >= 15 is 0 Å². The SMILES string of the molecule is O=C(CC1=CSC2=NCCN12)Nc1cccc(F)c1. The Morgan fingerprint density at radius 2 is 2.42 bits per heavy atom. The molecule has 1 aromatic rings. The van der Waals surface area contributed by atoms with Crippen molar-refractivity contribution in [2.75, 3.05) is 18.4 Å². The lowest BCUT2D eigenvalue weighted by Crippen LogP contribution is -2.24. The number of carbonyl (C=O) groups is 1. The molecule has 19 heavy (non-hydrogen) atoms. The first kappa shape index (κ1) is 12.2. The Bertz CT molecular complexity index is 585. The van der Waals surface area contributed by atoms with Crippen molar-refractivity contribution in [3.8, 4) is 0 Å². The predicted molar refractivity (Wildman–Crippen MR) is 74.3 cm³/mol. The van der Waals surface area contributed by atoms with Gasteiger partial charge in [-0.1, -0.05) is 17.8 Å². The Morgan fingerprint density at radius 1 is 1.53 bits per heavy atom.